The van der Waals surface area contributed by atoms with Gasteiger partial charge >= 0.3 is 0 Å². The molecule has 1 unspecified atom stereocenters. The molecule has 0 amide bonds. The second-order valence-corrected chi connectivity index (χ2v) is 6.75. The third kappa shape index (κ3) is 6.05. The largest absolute Gasteiger partial charge is 0.313 e. The highest BCUT2D eigenvalue weighted by molar-refractivity contribution is 7.90. The molecule has 13 heavy (non-hydrogen) atoms. The Labute approximate surface area is 81.8 Å². The molecule has 0 radical (unpaired) electrons. The SMILES string of the molecule is CCNC(CS(C)(=O)=O)C(C)(C)C. The second-order valence-electron chi connectivity index (χ2n) is 4.57. The Balaban J connectivity index is 4.45. The van der Waals surface area contributed by atoms with Crippen molar-refractivity contribution < 1.29 is 8.42 Å². The Morgan fingerprint density at radius 2 is 1.77 bits per heavy atom. The minimum Gasteiger partial charge on any atom is -0.313 e. The first-order chi connectivity index (χ1) is 5.67. The van der Waals surface area contributed by atoms with Crippen molar-refractivity contribution in [1.82, 2.24) is 5.32 Å². The molecule has 0 aromatic heterocycles. The van der Waals surface area contributed by atoms with E-state index < -0.39 is 9.84 Å². The summed E-state index contributed by atoms with van der Waals surface area (Å²) in [5, 5.41) is 3.20. The number of rotatable bonds is 4. The predicted molar refractivity (Wildman–Crippen MR) is 56.6 cm³/mol. The molecule has 3 nitrogen and oxygen atoms in total. The fourth-order valence-electron chi connectivity index (χ4n) is 1.16. The molecule has 0 aliphatic heterocycles. The highest BCUT2D eigenvalue weighted by atomic mass is 32.2. The van der Waals surface area contributed by atoms with Crippen molar-refractivity contribution in [1.29, 1.82) is 0 Å². The van der Waals surface area contributed by atoms with Crippen LogP contribution in [-0.2, 0) is 9.84 Å². The summed E-state index contributed by atoms with van der Waals surface area (Å²) in [5.41, 5.74) is -0.0148. The van der Waals surface area contributed by atoms with Gasteiger partial charge in [0, 0.05) is 12.3 Å². The Morgan fingerprint density at radius 1 is 1.31 bits per heavy atom. The lowest BCUT2D eigenvalue weighted by molar-refractivity contribution is 0.292. The van der Waals surface area contributed by atoms with Crippen LogP contribution in [0.1, 0.15) is 27.7 Å². The van der Waals surface area contributed by atoms with E-state index in [9.17, 15) is 8.42 Å². The van der Waals surface area contributed by atoms with E-state index in [1.54, 1.807) is 0 Å². The highest BCUT2D eigenvalue weighted by Crippen LogP contribution is 2.20. The van der Waals surface area contributed by atoms with Crippen molar-refractivity contribution in [2.75, 3.05) is 18.6 Å². The molecule has 0 rings (SSSR count). The Hall–Kier alpha value is -0.0900. The molecule has 0 heterocycles. The number of hydrogen-bond acceptors (Lipinski definition) is 3. The van der Waals surface area contributed by atoms with Gasteiger partial charge in [0.25, 0.3) is 0 Å². The smallest absolute Gasteiger partial charge is 0.149 e. The van der Waals surface area contributed by atoms with Crippen LogP contribution in [0, 0.1) is 5.41 Å². The molecular formula is C9H21NO2S. The van der Waals surface area contributed by atoms with E-state index in [0.717, 1.165) is 6.54 Å². The van der Waals surface area contributed by atoms with Gasteiger partial charge in [-0.1, -0.05) is 27.7 Å². The zero-order chi connectivity index (χ0) is 10.7. The Kier molecular flexibility index (Phi) is 4.39. The molecule has 0 aliphatic rings. The summed E-state index contributed by atoms with van der Waals surface area (Å²) in [5.74, 6) is 0.213. The molecule has 0 spiro atoms. The van der Waals surface area contributed by atoms with Gasteiger partial charge in [-0.05, 0) is 12.0 Å². The Morgan fingerprint density at radius 3 is 2.00 bits per heavy atom. The van der Waals surface area contributed by atoms with Crippen molar-refractivity contribution in [2.45, 2.75) is 33.7 Å². The van der Waals surface area contributed by atoms with E-state index in [4.69, 9.17) is 0 Å². The third-order valence-corrected chi connectivity index (χ3v) is 2.90. The molecule has 0 aromatic carbocycles. The lowest BCUT2D eigenvalue weighted by Gasteiger charge is -2.30. The van der Waals surface area contributed by atoms with Gasteiger partial charge in [-0.25, -0.2) is 8.42 Å². The topological polar surface area (TPSA) is 46.2 Å². The summed E-state index contributed by atoms with van der Waals surface area (Å²) in [4.78, 5) is 0. The van der Waals surface area contributed by atoms with Crippen molar-refractivity contribution in [2.24, 2.45) is 5.41 Å². The lowest BCUT2D eigenvalue weighted by atomic mass is 9.88. The average molecular weight is 207 g/mol. The maximum absolute atomic E-state index is 11.1. The van der Waals surface area contributed by atoms with E-state index in [1.165, 1.54) is 6.26 Å². The number of sulfone groups is 1. The van der Waals surface area contributed by atoms with Crippen LogP contribution in [0.25, 0.3) is 0 Å². The summed E-state index contributed by atoms with van der Waals surface area (Å²) in [7, 11) is -2.89. The highest BCUT2D eigenvalue weighted by Gasteiger charge is 2.26. The van der Waals surface area contributed by atoms with Crippen molar-refractivity contribution in [3.05, 3.63) is 0 Å². The summed E-state index contributed by atoms with van der Waals surface area (Å²) in [6, 6.07) is 0.0347. The summed E-state index contributed by atoms with van der Waals surface area (Å²) < 4.78 is 22.2. The van der Waals surface area contributed by atoms with E-state index >= 15 is 0 Å². The van der Waals surface area contributed by atoms with Crippen LogP contribution in [0.4, 0.5) is 0 Å². The average Bonchev–Trinajstić information content (AvgIpc) is 1.81. The van der Waals surface area contributed by atoms with E-state index in [2.05, 4.69) is 5.32 Å². The molecule has 80 valence electrons. The normalized spacial score (nSPS) is 15.8. The van der Waals surface area contributed by atoms with Gasteiger partial charge in [0.05, 0.1) is 5.75 Å². The zero-order valence-corrected chi connectivity index (χ0v) is 10.0. The fourth-order valence-corrected chi connectivity index (χ4v) is 2.39. The van der Waals surface area contributed by atoms with Crippen LogP contribution in [0.5, 0.6) is 0 Å². The first kappa shape index (κ1) is 12.9. The summed E-state index contributed by atoms with van der Waals surface area (Å²) >= 11 is 0. The van der Waals surface area contributed by atoms with E-state index in [0.29, 0.717) is 0 Å². The monoisotopic (exact) mass is 207 g/mol. The van der Waals surface area contributed by atoms with Crippen molar-refractivity contribution in [3.8, 4) is 0 Å². The van der Waals surface area contributed by atoms with Gasteiger partial charge in [-0.2, -0.15) is 0 Å². The van der Waals surface area contributed by atoms with Crippen LogP contribution >= 0.6 is 0 Å². The van der Waals surface area contributed by atoms with Crippen LogP contribution in [0.2, 0.25) is 0 Å². The molecule has 0 aromatic rings. The minimum atomic E-state index is -2.89. The predicted octanol–water partition coefficient (Wildman–Crippen LogP) is 1.06. The molecule has 0 saturated heterocycles. The zero-order valence-electron chi connectivity index (χ0n) is 9.22. The molecule has 4 heteroatoms. The minimum absolute atomic E-state index is 0.0148. The first-order valence-corrected chi connectivity index (χ1v) is 6.64. The van der Waals surface area contributed by atoms with Gasteiger partial charge in [-0.3, -0.25) is 0 Å². The van der Waals surface area contributed by atoms with Gasteiger partial charge in [0.1, 0.15) is 9.84 Å². The van der Waals surface area contributed by atoms with Crippen molar-refractivity contribution in [3.63, 3.8) is 0 Å². The first-order valence-electron chi connectivity index (χ1n) is 4.58. The van der Waals surface area contributed by atoms with Crippen LogP contribution in [0.15, 0.2) is 0 Å². The van der Waals surface area contributed by atoms with E-state index in [-0.39, 0.29) is 17.2 Å². The molecule has 0 saturated carbocycles. The van der Waals surface area contributed by atoms with Gasteiger partial charge < -0.3 is 5.32 Å². The number of nitrogens with one attached hydrogen (secondary N) is 1. The molecule has 1 atom stereocenters. The summed E-state index contributed by atoms with van der Waals surface area (Å²) in [6.45, 7) is 8.93. The lowest BCUT2D eigenvalue weighted by Crippen LogP contribution is -2.45. The maximum atomic E-state index is 11.1. The third-order valence-electron chi connectivity index (χ3n) is 1.97. The fraction of sp³-hybridized carbons (Fsp3) is 1.00. The van der Waals surface area contributed by atoms with Gasteiger partial charge in [0.15, 0.2) is 0 Å². The van der Waals surface area contributed by atoms with Gasteiger partial charge in [-0.15, -0.1) is 0 Å². The Bertz CT molecular complexity index is 239. The van der Waals surface area contributed by atoms with Gasteiger partial charge in [0.2, 0.25) is 0 Å². The van der Waals surface area contributed by atoms with Crippen LogP contribution < -0.4 is 5.32 Å². The second kappa shape index (κ2) is 4.42. The standard InChI is InChI=1S/C9H21NO2S/c1-6-10-8(9(2,3)4)7-13(5,11)12/h8,10H,6-7H2,1-5H3. The molecule has 0 aliphatic carbocycles. The van der Waals surface area contributed by atoms with Crippen LogP contribution in [0.3, 0.4) is 0 Å². The molecular weight excluding hydrogens is 186 g/mol. The quantitative estimate of drug-likeness (QED) is 0.749. The number of hydrogen-bond donors (Lipinski definition) is 1. The molecule has 0 bridgehead atoms. The molecule has 0 fully saturated rings. The van der Waals surface area contributed by atoms with E-state index in [1.807, 2.05) is 27.7 Å². The maximum Gasteiger partial charge on any atom is 0.149 e. The molecule has 1 N–H and O–H groups in total. The summed E-state index contributed by atoms with van der Waals surface area (Å²) in [6.07, 6.45) is 1.28. The van der Waals surface area contributed by atoms with Crippen LogP contribution in [-0.4, -0.2) is 33.0 Å². The van der Waals surface area contributed by atoms with Crippen molar-refractivity contribution >= 4 is 9.84 Å².